The fraction of sp³-hybridized carbons (Fsp3) is 0.417. The molecule has 0 aromatic heterocycles. The molecule has 1 aromatic carbocycles. The van der Waals surface area contributed by atoms with Crippen LogP contribution in [0.3, 0.4) is 0 Å². The SMILES string of the molecule is CN=C(NC)N1CCc2ccccc2C1. The smallest absolute Gasteiger partial charge is 0.193 e. The first kappa shape index (κ1) is 10.0. The van der Waals surface area contributed by atoms with Gasteiger partial charge in [0.05, 0.1) is 0 Å². The molecule has 0 unspecified atom stereocenters. The van der Waals surface area contributed by atoms with Gasteiger partial charge in [-0.1, -0.05) is 24.3 Å². The second-order valence-corrected chi connectivity index (χ2v) is 3.74. The molecule has 0 saturated carbocycles. The lowest BCUT2D eigenvalue weighted by molar-refractivity contribution is 0.382. The highest BCUT2D eigenvalue weighted by Crippen LogP contribution is 2.18. The Hall–Kier alpha value is -1.51. The highest BCUT2D eigenvalue weighted by molar-refractivity contribution is 5.79. The van der Waals surface area contributed by atoms with Gasteiger partial charge in [-0.25, -0.2) is 0 Å². The van der Waals surface area contributed by atoms with Gasteiger partial charge in [-0.2, -0.15) is 0 Å². The van der Waals surface area contributed by atoms with E-state index in [1.54, 1.807) is 0 Å². The predicted molar refractivity (Wildman–Crippen MR) is 63.0 cm³/mol. The van der Waals surface area contributed by atoms with Crippen molar-refractivity contribution in [3.05, 3.63) is 35.4 Å². The largest absolute Gasteiger partial charge is 0.359 e. The zero-order valence-electron chi connectivity index (χ0n) is 9.33. The summed E-state index contributed by atoms with van der Waals surface area (Å²) in [5, 5.41) is 3.13. The number of aliphatic imine (C=N–C) groups is 1. The maximum atomic E-state index is 4.23. The number of fused-ring (bicyclic) bond motifs is 1. The monoisotopic (exact) mass is 203 g/mol. The van der Waals surface area contributed by atoms with Gasteiger partial charge >= 0.3 is 0 Å². The van der Waals surface area contributed by atoms with Crippen molar-refractivity contribution < 1.29 is 0 Å². The Bertz CT molecular complexity index is 371. The molecule has 3 heteroatoms. The van der Waals surface area contributed by atoms with E-state index < -0.39 is 0 Å². The van der Waals surface area contributed by atoms with E-state index in [1.807, 2.05) is 14.1 Å². The summed E-state index contributed by atoms with van der Waals surface area (Å²) in [7, 11) is 3.75. The van der Waals surface area contributed by atoms with Gasteiger partial charge in [0.15, 0.2) is 5.96 Å². The minimum Gasteiger partial charge on any atom is -0.359 e. The molecule has 0 saturated heterocycles. The first-order valence-electron chi connectivity index (χ1n) is 5.31. The Morgan fingerprint density at radius 3 is 2.73 bits per heavy atom. The van der Waals surface area contributed by atoms with E-state index in [0.29, 0.717) is 0 Å². The van der Waals surface area contributed by atoms with Crippen LogP contribution < -0.4 is 5.32 Å². The molecule has 1 aliphatic heterocycles. The average molecular weight is 203 g/mol. The van der Waals surface area contributed by atoms with Crippen LogP contribution in [0.25, 0.3) is 0 Å². The maximum Gasteiger partial charge on any atom is 0.193 e. The van der Waals surface area contributed by atoms with Gasteiger partial charge < -0.3 is 10.2 Å². The maximum absolute atomic E-state index is 4.23. The van der Waals surface area contributed by atoms with Crippen LogP contribution in [0.4, 0.5) is 0 Å². The topological polar surface area (TPSA) is 27.6 Å². The van der Waals surface area contributed by atoms with Crippen molar-refractivity contribution in [1.29, 1.82) is 0 Å². The molecule has 1 aromatic rings. The minimum atomic E-state index is 0.962. The van der Waals surface area contributed by atoms with Crippen molar-refractivity contribution in [2.45, 2.75) is 13.0 Å². The Balaban J connectivity index is 2.18. The van der Waals surface area contributed by atoms with Gasteiger partial charge in [-0.05, 0) is 17.5 Å². The van der Waals surface area contributed by atoms with E-state index in [1.165, 1.54) is 11.1 Å². The van der Waals surface area contributed by atoms with E-state index in [2.05, 4.69) is 39.5 Å². The summed E-state index contributed by atoms with van der Waals surface area (Å²) >= 11 is 0. The van der Waals surface area contributed by atoms with Crippen LogP contribution in [-0.2, 0) is 13.0 Å². The van der Waals surface area contributed by atoms with Crippen LogP contribution in [0.2, 0.25) is 0 Å². The summed E-state index contributed by atoms with van der Waals surface area (Å²) in [6.45, 7) is 2.01. The number of guanidine groups is 1. The molecule has 15 heavy (non-hydrogen) atoms. The van der Waals surface area contributed by atoms with Crippen molar-refractivity contribution in [1.82, 2.24) is 10.2 Å². The van der Waals surface area contributed by atoms with E-state index in [0.717, 1.165) is 25.5 Å². The summed E-state index contributed by atoms with van der Waals surface area (Å²) in [4.78, 5) is 6.51. The molecule has 0 radical (unpaired) electrons. The van der Waals surface area contributed by atoms with Crippen LogP contribution in [0.1, 0.15) is 11.1 Å². The highest BCUT2D eigenvalue weighted by Gasteiger charge is 2.17. The van der Waals surface area contributed by atoms with Crippen LogP contribution in [0.5, 0.6) is 0 Å². The third kappa shape index (κ3) is 1.96. The normalized spacial score (nSPS) is 16.1. The predicted octanol–water partition coefficient (Wildman–Crippen LogP) is 1.25. The molecule has 0 spiro atoms. The number of nitrogens with one attached hydrogen (secondary N) is 1. The highest BCUT2D eigenvalue weighted by atomic mass is 15.3. The second-order valence-electron chi connectivity index (χ2n) is 3.74. The molecule has 0 aliphatic carbocycles. The number of hydrogen-bond donors (Lipinski definition) is 1. The van der Waals surface area contributed by atoms with Crippen LogP contribution in [-0.4, -0.2) is 31.5 Å². The first-order chi connectivity index (χ1) is 7.35. The summed E-state index contributed by atoms with van der Waals surface area (Å²) in [6.07, 6.45) is 1.11. The summed E-state index contributed by atoms with van der Waals surface area (Å²) < 4.78 is 0. The molecule has 1 heterocycles. The summed E-state index contributed by atoms with van der Waals surface area (Å²) in [6, 6.07) is 8.63. The molecule has 0 bridgehead atoms. The summed E-state index contributed by atoms with van der Waals surface area (Å²) in [5.74, 6) is 0.976. The zero-order chi connectivity index (χ0) is 10.7. The Morgan fingerprint density at radius 1 is 1.33 bits per heavy atom. The quantitative estimate of drug-likeness (QED) is 0.507. The lowest BCUT2D eigenvalue weighted by Gasteiger charge is -2.30. The van der Waals surface area contributed by atoms with Crippen molar-refractivity contribution in [2.24, 2.45) is 4.99 Å². The lowest BCUT2D eigenvalue weighted by atomic mass is 10.0. The fourth-order valence-electron chi connectivity index (χ4n) is 2.09. The molecule has 1 N–H and O–H groups in total. The van der Waals surface area contributed by atoms with E-state index in [-0.39, 0.29) is 0 Å². The molecule has 0 amide bonds. The third-order valence-corrected chi connectivity index (χ3v) is 2.87. The van der Waals surface area contributed by atoms with Crippen molar-refractivity contribution in [2.75, 3.05) is 20.6 Å². The average Bonchev–Trinajstić information content (AvgIpc) is 2.30. The Labute approximate surface area is 90.8 Å². The standard InChI is InChI=1S/C12H17N3/c1-13-12(14-2)15-8-7-10-5-3-4-6-11(10)9-15/h3-6H,7-9H2,1-2H3,(H,13,14). The van der Waals surface area contributed by atoms with Crippen molar-refractivity contribution >= 4 is 5.96 Å². The minimum absolute atomic E-state index is 0.962. The van der Waals surface area contributed by atoms with Crippen molar-refractivity contribution in [3.8, 4) is 0 Å². The van der Waals surface area contributed by atoms with E-state index in [9.17, 15) is 0 Å². The van der Waals surface area contributed by atoms with E-state index >= 15 is 0 Å². The number of nitrogens with zero attached hydrogens (tertiary/aromatic N) is 2. The van der Waals surface area contributed by atoms with Gasteiger partial charge in [0.2, 0.25) is 0 Å². The molecular weight excluding hydrogens is 186 g/mol. The molecule has 0 atom stereocenters. The zero-order valence-corrected chi connectivity index (χ0v) is 9.33. The van der Waals surface area contributed by atoms with E-state index in [4.69, 9.17) is 0 Å². The molecule has 0 fully saturated rings. The lowest BCUT2D eigenvalue weighted by Crippen LogP contribution is -2.42. The Morgan fingerprint density at radius 2 is 2.07 bits per heavy atom. The second kappa shape index (κ2) is 4.34. The van der Waals surface area contributed by atoms with Gasteiger partial charge in [-0.15, -0.1) is 0 Å². The van der Waals surface area contributed by atoms with Gasteiger partial charge in [0, 0.05) is 27.2 Å². The van der Waals surface area contributed by atoms with Gasteiger partial charge in [0.25, 0.3) is 0 Å². The number of hydrogen-bond acceptors (Lipinski definition) is 1. The molecular formula is C12H17N3. The van der Waals surface area contributed by atoms with Gasteiger partial charge in [-0.3, -0.25) is 4.99 Å². The molecule has 2 rings (SSSR count). The fourth-order valence-corrected chi connectivity index (χ4v) is 2.09. The van der Waals surface area contributed by atoms with Crippen molar-refractivity contribution in [3.63, 3.8) is 0 Å². The number of benzene rings is 1. The van der Waals surface area contributed by atoms with Crippen LogP contribution >= 0.6 is 0 Å². The first-order valence-corrected chi connectivity index (χ1v) is 5.31. The molecule has 3 nitrogen and oxygen atoms in total. The van der Waals surface area contributed by atoms with Crippen LogP contribution in [0.15, 0.2) is 29.3 Å². The number of rotatable bonds is 0. The Kier molecular flexibility index (Phi) is 2.90. The van der Waals surface area contributed by atoms with Gasteiger partial charge in [0.1, 0.15) is 0 Å². The third-order valence-electron chi connectivity index (χ3n) is 2.87. The molecule has 1 aliphatic rings. The molecule has 80 valence electrons. The summed E-state index contributed by atoms with van der Waals surface area (Å²) in [5.41, 5.74) is 2.89. The van der Waals surface area contributed by atoms with Crippen LogP contribution in [0, 0.1) is 0 Å².